The number of aromatic nitrogens is 1. The zero-order valence-electron chi connectivity index (χ0n) is 14.0. The average molecular weight is 406 g/mol. The van der Waals surface area contributed by atoms with Gasteiger partial charge in [0.15, 0.2) is 0 Å². The fraction of sp³-hybridized carbons (Fsp3) is 0.150. The number of methoxy groups -OCH3 is 1. The fourth-order valence-corrected chi connectivity index (χ4v) is 4.06. The number of thioether (sulfide) groups is 1. The number of hydrogen-bond acceptors (Lipinski definition) is 4. The summed E-state index contributed by atoms with van der Waals surface area (Å²) in [7, 11) is 1.60. The highest BCUT2D eigenvalue weighted by atomic mass is 35.5. The summed E-state index contributed by atoms with van der Waals surface area (Å²) in [5.41, 5.74) is 2.14. The topological polar surface area (TPSA) is 42.4 Å². The first-order chi connectivity index (χ1) is 12.6. The van der Waals surface area contributed by atoms with Gasteiger partial charge < -0.3 is 9.84 Å². The smallest absolute Gasteiger partial charge is 0.137 e. The predicted octanol–water partition coefficient (Wildman–Crippen LogP) is 5.77. The second-order valence-electron chi connectivity index (χ2n) is 5.59. The van der Waals surface area contributed by atoms with E-state index in [9.17, 15) is 5.11 Å². The minimum atomic E-state index is -0.899. The van der Waals surface area contributed by atoms with Crippen LogP contribution >= 0.6 is 35.0 Å². The lowest BCUT2D eigenvalue weighted by atomic mass is 9.99. The van der Waals surface area contributed by atoms with Crippen LogP contribution in [0.1, 0.15) is 22.8 Å². The van der Waals surface area contributed by atoms with Crippen LogP contribution in [0.2, 0.25) is 10.3 Å². The van der Waals surface area contributed by atoms with Crippen molar-refractivity contribution in [2.45, 2.75) is 16.8 Å². The van der Waals surface area contributed by atoms with E-state index in [1.54, 1.807) is 37.1 Å². The highest BCUT2D eigenvalue weighted by Crippen LogP contribution is 2.35. The Labute approximate surface area is 166 Å². The monoisotopic (exact) mass is 405 g/mol. The summed E-state index contributed by atoms with van der Waals surface area (Å²) in [6.45, 7) is 0. The number of benzene rings is 2. The normalized spacial score (nSPS) is 12.0. The van der Waals surface area contributed by atoms with Gasteiger partial charge in [0.25, 0.3) is 0 Å². The molecule has 134 valence electrons. The van der Waals surface area contributed by atoms with Crippen molar-refractivity contribution in [2.75, 3.05) is 7.11 Å². The summed E-state index contributed by atoms with van der Waals surface area (Å²) in [6.07, 6.45) is -0.899. The molecule has 0 aliphatic heterocycles. The zero-order chi connectivity index (χ0) is 18.5. The largest absolute Gasteiger partial charge is 0.497 e. The van der Waals surface area contributed by atoms with E-state index < -0.39 is 6.10 Å². The Morgan fingerprint density at radius 1 is 1.08 bits per heavy atom. The number of nitrogens with zero attached hydrogens (tertiary/aromatic N) is 1. The number of pyridine rings is 1. The molecule has 1 unspecified atom stereocenters. The van der Waals surface area contributed by atoms with Crippen LogP contribution < -0.4 is 4.74 Å². The van der Waals surface area contributed by atoms with Crippen LogP contribution in [0.25, 0.3) is 0 Å². The van der Waals surface area contributed by atoms with E-state index in [2.05, 4.69) is 4.98 Å². The maximum Gasteiger partial charge on any atom is 0.137 e. The summed E-state index contributed by atoms with van der Waals surface area (Å²) in [6, 6.07) is 19.0. The van der Waals surface area contributed by atoms with Gasteiger partial charge in [-0.25, -0.2) is 4.98 Å². The summed E-state index contributed by atoms with van der Waals surface area (Å²) in [5, 5.41) is 11.4. The second-order valence-corrected chi connectivity index (χ2v) is 7.38. The molecule has 26 heavy (non-hydrogen) atoms. The van der Waals surface area contributed by atoms with Crippen LogP contribution in [0.15, 0.2) is 65.6 Å². The zero-order valence-corrected chi connectivity index (χ0v) is 16.4. The Hall–Kier alpha value is -1.72. The van der Waals surface area contributed by atoms with Crippen LogP contribution in [0.5, 0.6) is 5.75 Å². The third-order valence-electron chi connectivity index (χ3n) is 3.91. The van der Waals surface area contributed by atoms with Gasteiger partial charge in [-0.05, 0) is 41.5 Å². The van der Waals surface area contributed by atoms with Gasteiger partial charge in [0.2, 0.25) is 0 Å². The van der Waals surface area contributed by atoms with Crippen molar-refractivity contribution in [3.05, 3.63) is 87.7 Å². The quantitative estimate of drug-likeness (QED) is 0.417. The highest BCUT2D eigenvalue weighted by molar-refractivity contribution is 7.98. The molecule has 0 aliphatic carbocycles. The first-order valence-corrected chi connectivity index (χ1v) is 9.67. The van der Waals surface area contributed by atoms with Crippen molar-refractivity contribution in [3.63, 3.8) is 0 Å². The van der Waals surface area contributed by atoms with E-state index in [-0.39, 0.29) is 5.15 Å². The van der Waals surface area contributed by atoms with E-state index in [1.165, 1.54) is 0 Å². The molecule has 0 fully saturated rings. The standard InChI is InChI=1S/C20H17Cl2NO2S/c1-25-15-9-7-13(8-10-15)19(24)18-14(11-17(21)23-20(18)22)12-26-16-5-3-2-4-6-16/h2-11,19,24H,12H2,1H3. The maximum absolute atomic E-state index is 10.9. The number of rotatable bonds is 6. The fourth-order valence-electron chi connectivity index (χ4n) is 2.58. The molecule has 0 aliphatic rings. The third-order valence-corrected chi connectivity index (χ3v) is 5.45. The Morgan fingerprint density at radius 3 is 2.42 bits per heavy atom. The minimum Gasteiger partial charge on any atom is -0.497 e. The van der Waals surface area contributed by atoms with E-state index in [0.29, 0.717) is 22.0 Å². The number of aliphatic hydroxyl groups excluding tert-OH is 1. The van der Waals surface area contributed by atoms with E-state index >= 15 is 0 Å². The molecule has 3 nitrogen and oxygen atoms in total. The van der Waals surface area contributed by atoms with Crippen molar-refractivity contribution in [1.82, 2.24) is 4.98 Å². The van der Waals surface area contributed by atoms with Crippen molar-refractivity contribution in [3.8, 4) is 5.75 Å². The van der Waals surface area contributed by atoms with Gasteiger partial charge in [-0.2, -0.15) is 0 Å². The number of ether oxygens (including phenoxy) is 1. The van der Waals surface area contributed by atoms with Gasteiger partial charge in [-0.15, -0.1) is 11.8 Å². The SMILES string of the molecule is COc1ccc(C(O)c2c(CSc3ccccc3)cc(Cl)nc2Cl)cc1. The molecule has 0 spiro atoms. The number of hydrogen-bond donors (Lipinski definition) is 1. The predicted molar refractivity (Wildman–Crippen MR) is 107 cm³/mol. The average Bonchev–Trinajstić information content (AvgIpc) is 2.66. The highest BCUT2D eigenvalue weighted by Gasteiger charge is 2.20. The molecule has 0 amide bonds. The van der Waals surface area contributed by atoms with Crippen LogP contribution in [-0.4, -0.2) is 17.2 Å². The molecule has 3 rings (SSSR count). The Balaban J connectivity index is 1.91. The van der Waals surface area contributed by atoms with Crippen molar-refractivity contribution >= 4 is 35.0 Å². The second kappa shape index (κ2) is 8.78. The van der Waals surface area contributed by atoms with E-state index in [0.717, 1.165) is 16.2 Å². The summed E-state index contributed by atoms with van der Waals surface area (Å²) in [5.74, 6) is 1.34. The molecule has 1 atom stereocenters. The molecule has 6 heteroatoms. The Morgan fingerprint density at radius 2 is 1.77 bits per heavy atom. The van der Waals surface area contributed by atoms with Gasteiger partial charge in [0.1, 0.15) is 22.2 Å². The molecule has 1 N–H and O–H groups in total. The van der Waals surface area contributed by atoms with Crippen LogP contribution in [0, 0.1) is 0 Å². The molecule has 3 aromatic rings. The molecule has 1 heterocycles. The Kier molecular flexibility index (Phi) is 6.43. The molecule has 0 saturated carbocycles. The minimum absolute atomic E-state index is 0.212. The Bertz CT molecular complexity index is 873. The van der Waals surface area contributed by atoms with Crippen LogP contribution in [-0.2, 0) is 5.75 Å². The lowest BCUT2D eigenvalue weighted by molar-refractivity contribution is 0.219. The van der Waals surface area contributed by atoms with Gasteiger partial charge >= 0.3 is 0 Å². The molecule has 1 aromatic heterocycles. The summed E-state index contributed by atoms with van der Waals surface area (Å²) in [4.78, 5) is 5.23. The van der Waals surface area contributed by atoms with Gasteiger partial charge in [-0.3, -0.25) is 0 Å². The first-order valence-electron chi connectivity index (χ1n) is 7.93. The molecule has 0 bridgehead atoms. The first kappa shape index (κ1) is 19.1. The van der Waals surface area contributed by atoms with Crippen molar-refractivity contribution in [2.24, 2.45) is 0 Å². The molecule has 0 radical (unpaired) electrons. The van der Waals surface area contributed by atoms with Crippen molar-refractivity contribution in [1.29, 1.82) is 0 Å². The van der Waals surface area contributed by atoms with Crippen molar-refractivity contribution < 1.29 is 9.84 Å². The van der Waals surface area contributed by atoms with Crippen LogP contribution in [0.4, 0.5) is 0 Å². The van der Waals surface area contributed by atoms with Gasteiger partial charge in [0, 0.05) is 16.2 Å². The lowest BCUT2D eigenvalue weighted by Gasteiger charge is -2.18. The molecular formula is C20H17Cl2NO2S. The molecule has 2 aromatic carbocycles. The summed E-state index contributed by atoms with van der Waals surface area (Å²) < 4.78 is 5.16. The summed E-state index contributed by atoms with van der Waals surface area (Å²) >= 11 is 14.1. The van der Waals surface area contributed by atoms with Gasteiger partial charge in [0.05, 0.1) is 7.11 Å². The van der Waals surface area contributed by atoms with Crippen LogP contribution in [0.3, 0.4) is 0 Å². The van der Waals surface area contributed by atoms with Gasteiger partial charge in [-0.1, -0.05) is 53.5 Å². The maximum atomic E-state index is 10.9. The number of aliphatic hydroxyl groups is 1. The lowest BCUT2D eigenvalue weighted by Crippen LogP contribution is -2.06. The third kappa shape index (κ3) is 4.51. The number of halogens is 2. The molecular weight excluding hydrogens is 389 g/mol. The van der Waals surface area contributed by atoms with E-state index in [4.69, 9.17) is 27.9 Å². The van der Waals surface area contributed by atoms with E-state index in [1.807, 2.05) is 42.5 Å². The molecule has 0 saturated heterocycles.